The van der Waals surface area contributed by atoms with Crippen LogP contribution in [0.2, 0.25) is 0 Å². The fourth-order valence-corrected chi connectivity index (χ4v) is 4.28. The topological polar surface area (TPSA) is 75.7 Å². The van der Waals surface area contributed by atoms with Gasteiger partial charge in [-0.3, -0.25) is 4.79 Å². The van der Waals surface area contributed by atoms with Crippen molar-refractivity contribution < 1.29 is 17.9 Å². The van der Waals surface area contributed by atoms with Gasteiger partial charge < -0.3 is 10.1 Å². The Labute approximate surface area is 183 Å². The Morgan fingerprint density at radius 2 is 1.58 bits per heavy atom. The average Bonchev–Trinajstić information content (AvgIpc) is 2.79. The third-order valence-corrected chi connectivity index (χ3v) is 6.60. The van der Waals surface area contributed by atoms with Gasteiger partial charge in [0.25, 0.3) is 5.91 Å². The maximum Gasteiger partial charge on any atom is 0.251 e. The molecule has 0 radical (unpaired) electrons. The first-order valence-corrected chi connectivity index (χ1v) is 11.4. The van der Waals surface area contributed by atoms with Gasteiger partial charge in [0.05, 0.1) is 11.5 Å². The number of sulfonamides is 1. The number of ether oxygens (including phenoxy) is 1. The van der Waals surface area contributed by atoms with Crippen molar-refractivity contribution in [2.24, 2.45) is 0 Å². The maximum absolute atomic E-state index is 12.7. The van der Waals surface area contributed by atoms with Crippen molar-refractivity contribution in [3.05, 3.63) is 95.6 Å². The fraction of sp³-hybridized carbons (Fsp3) is 0.208. The summed E-state index contributed by atoms with van der Waals surface area (Å²) < 4.78 is 32.2. The van der Waals surface area contributed by atoms with E-state index in [0.717, 1.165) is 16.9 Å². The molecule has 3 aromatic carbocycles. The molecule has 162 valence electrons. The summed E-state index contributed by atoms with van der Waals surface area (Å²) in [6.07, 6.45) is 0. The molecule has 3 rings (SSSR count). The van der Waals surface area contributed by atoms with E-state index in [9.17, 15) is 13.2 Å². The second-order valence-electron chi connectivity index (χ2n) is 6.99. The van der Waals surface area contributed by atoms with E-state index >= 15 is 0 Å². The number of carbonyl (C=O) groups is 1. The summed E-state index contributed by atoms with van der Waals surface area (Å²) in [6, 6.07) is 22.8. The molecule has 31 heavy (non-hydrogen) atoms. The second-order valence-corrected chi connectivity index (χ2v) is 9.04. The second kappa shape index (κ2) is 10.2. The molecular weight excluding hydrogens is 412 g/mol. The van der Waals surface area contributed by atoms with Gasteiger partial charge in [-0.15, -0.1) is 0 Å². The van der Waals surface area contributed by atoms with Crippen LogP contribution in [-0.4, -0.2) is 32.3 Å². The molecule has 3 aromatic rings. The molecule has 0 heterocycles. The van der Waals surface area contributed by atoms with Crippen LogP contribution in [0.5, 0.6) is 5.75 Å². The highest BCUT2D eigenvalue weighted by molar-refractivity contribution is 7.89. The minimum Gasteiger partial charge on any atom is -0.494 e. The van der Waals surface area contributed by atoms with Crippen LogP contribution >= 0.6 is 0 Å². The third kappa shape index (κ3) is 5.71. The highest BCUT2D eigenvalue weighted by Gasteiger charge is 2.20. The molecule has 0 aromatic heterocycles. The number of amides is 1. The SMILES string of the molecule is CCOc1ccccc1CNC(=O)c1ccc(CN(C)S(=O)(=O)c2ccccc2)cc1. The first kappa shape index (κ1) is 22.5. The van der Waals surface area contributed by atoms with Crippen LogP contribution in [0.25, 0.3) is 0 Å². The number of rotatable bonds is 9. The lowest BCUT2D eigenvalue weighted by Gasteiger charge is -2.17. The van der Waals surface area contributed by atoms with Crippen molar-refractivity contribution >= 4 is 15.9 Å². The Hall–Kier alpha value is -3.16. The summed E-state index contributed by atoms with van der Waals surface area (Å²) in [5, 5.41) is 2.89. The van der Waals surface area contributed by atoms with E-state index in [1.165, 1.54) is 4.31 Å². The van der Waals surface area contributed by atoms with Crippen molar-refractivity contribution in [3.63, 3.8) is 0 Å². The van der Waals surface area contributed by atoms with Crippen LogP contribution in [0.15, 0.2) is 83.8 Å². The summed E-state index contributed by atoms with van der Waals surface area (Å²) in [6.45, 7) is 3.04. The molecule has 6 nitrogen and oxygen atoms in total. The quantitative estimate of drug-likeness (QED) is 0.551. The lowest BCUT2D eigenvalue weighted by Crippen LogP contribution is -2.26. The molecule has 1 amide bonds. The Balaban J connectivity index is 1.61. The number of carbonyl (C=O) groups excluding carboxylic acids is 1. The minimum atomic E-state index is -3.57. The maximum atomic E-state index is 12.7. The van der Waals surface area contributed by atoms with Crippen molar-refractivity contribution in [3.8, 4) is 5.75 Å². The van der Waals surface area contributed by atoms with E-state index in [1.54, 1.807) is 61.6 Å². The number of para-hydroxylation sites is 1. The van der Waals surface area contributed by atoms with Crippen LogP contribution in [0.1, 0.15) is 28.4 Å². The molecule has 0 saturated carbocycles. The molecule has 0 bridgehead atoms. The largest absolute Gasteiger partial charge is 0.494 e. The molecule has 7 heteroatoms. The number of hydrogen-bond acceptors (Lipinski definition) is 4. The van der Waals surface area contributed by atoms with Gasteiger partial charge in [0.1, 0.15) is 5.75 Å². The summed E-state index contributed by atoms with van der Waals surface area (Å²) >= 11 is 0. The monoisotopic (exact) mass is 438 g/mol. The highest BCUT2D eigenvalue weighted by atomic mass is 32.2. The first-order valence-electron chi connectivity index (χ1n) is 10.0. The van der Waals surface area contributed by atoms with Gasteiger partial charge in [0.2, 0.25) is 10.0 Å². The van der Waals surface area contributed by atoms with Crippen molar-refractivity contribution in [2.45, 2.75) is 24.9 Å². The van der Waals surface area contributed by atoms with Crippen LogP contribution in [0.4, 0.5) is 0 Å². The van der Waals surface area contributed by atoms with E-state index in [0.29, 0.717) is 18.7 Å². The molecule has 0 saturated heterocycles. The molecule has 0 aliphatic rings. The van der Waals surface area contributed by atoms with Crippen molar-refractivity contribution in [1.82, 2.24) is 9.62 Å². The van der Waals surface area contributed by atoms with Gasteiger partial charge in [-0.1, -0.05) is 48.5 Å². The fourth-order valence-electron chi connectivity index (χ4n) is 3.10. The molecule has 0 aliphatic carbocycles. The minimum absolute atomic E-state index is 0.205. The first-order chi connectivity index (χ1) is 14.9. The zero-order chi connectivity index (χ0) is 22.3. The van der Waals surface area contributed by atoms with E-state index < -0.39 is 10.0 Å². The van der Waals surface area contributed by atoms with E-state index in [2.05, 4.69) is 5.32 Å². The van der Waals surface area contributed by atoms with Gasteiger partial charge in [0.15, 0.2) is 0 Å². The van der Waals surface area contributed by atoms with Gasteiger partial charge in [-0.05, 0) is 42.8 Å². The normalized spacial score (nSPS) is 11.3. The van der Waals surface area contributed by atoms with E-state index in [-0.39, 0.29) is 17.3 Å². The predicted octanol–water partition coefficient (Wildman–Crippen LogP) is 3.84. The number of nitrogens with one attached hydrogen (secondary N) is 1. The third-order valence-electron chi connectivity index (χ3n) is 4.78. The Morgan fingerprint density at radius 1 is 0.935 bits per heavy atom. The lowest BCUT2D eigenvalue weighted by molar-refractivity contribution is 0.0950. The van der Waals surface area contributed by atoms with Crippen molar-refractivity contribution in [2.75, 3.05) is 13.7 Å². The molecule has 0 spiro atoms. The van der Waals surface area contributed by atoms with Crippen LogP contribution in [0, 0.1) is 0 Å². The molecule has 0 aliphatic heterocycles. The van der Waals surface area contributed by atoms with Crippen LogP contribution in [0.3, 0.4) is 0 Å². The average molecular weight is 439 g/mol. The Kier molecular flexibility index (Phi) is 7.44. The number of hydrogen-bond donors (Lipinski definition) is 1. The highest BCUT2D eigenvalue weighted by Crippen LogP contribution is 2.19. The molecule has 1 N–H and O–H groups in total. The standard InChI is InChI=1S/C24H26N2O4S/c1-3-30-23-12-8-7-9-21(23)17-25-24(27)20-15-13-19(14-16-20)18-26(2)31(28,29)22-10-5-4-6-11-22/h4-16H,3,17-18H2,1-2H3,(H,25,27). The van der Waals surface area contributed by atoms with E-state index in [4.69, 9.17) is 4.74 Å². The Bertz CT molecular complexity index is 1110. The molecule has 0 fully saturated rings. The van der Waals surface area contributed by atoms with Gasteiger partial charge in [0, 0.05) is 31.3 Å². The number of benzene rings is 3. The Morgan fingerprint density at radius 3 is 2.26 bits per heavy atom. The number of nitrogens with zero attached hydrogens (tertiary/aromatic N) is 1. The zero-order valence-electron chi connectivity index (χ0n) is 17.6. The molecule has 0 unspecified atom stereocenters. The molecular formula is C24H26N2O4S. The zero-order valence-corrected chi connectivity index (χ0v) is 18.4. The van der Waals surface area contributed by atoms with Crippen molar-refractivity contribution in [1.29, 1.82) is 0 Å². The predicted molar refractivity (Wildman–Crippen MR) is 120 cm³/mol. The van der Waals surface area contributed by atoms with Gasteiger partial charge in [-0.25, -0.2) is 8.42 Å². The smallest absolute Gasteiger partial charge is 0.251 e. The van der Waals surface area contributed by atoms with Gasteiger partial charge >= 0.3 is 0 Å². The molecule has 0 atom stereocenters. The van der Waals surface area contributed by atoms with Crippen LogP contribution in [-0.2, 0) is 23.1 Å². The summed E-state index contributed by atoms with van der Waals surface area (Å²) in [5.74, 6) is 0.548. The van der Waals surface area contributed by atoms with E-state index in [1.807, 2.05) is 31.2 Å². The van der Waals surface area contributed by atoms with Gasteiger partial charge in [-0.2, -0.15) is 4.31 Å². The van der Waals surface area contributed by atoms with Crippen LogP contribution < -0.4 is 10.1 Å². The summed E-state index contributed by atoms with van der Waals surface area (Å²) in [4.78, 5) is 12.8. The lowest BCUT2D eigenvalue weighted by atomic mass is 10.1. The summed E-state index contributed by atoms with van der Waals surface area (Å²) in [5.41, 5.74) is 2.20. The summed E-state index contributed by atoms with van der Waals surface area (Å²) in [7, 11) is -2.03.